The first kappa shape index (κ1) is 18.3. The Morgan fingerprint density at radius 1 is 1.04 bits per heavy atom. The molecule has 28 heavy (non-hydrogen) atoms. The van der Waals surface area contributed by atoms with E-state index in [2.05, 4.69) is 15.2 Å². The van der Waals surface area contributed by atoms with Gasteiger partial charge in [-0.05, 0) is 35.9 Å². The fourth-order valence-corrected chi connectivity index (χ4v) is 3.56. The van der Waals surface area contributed by atoms with Crippen LogP contribution in [0.1, 0.15) is 5.56 Å². The molecule has 0 radical (unpaired) electrons. The molecule has 2 amide bonds. The number of urea groups is 1. The number of nitrogens with zero attached hydrogens (tertiary/aromatic N) is 3. The minimum atomic E-state index is -0.0711. The molecule has 3 aromatic rings. The summed E-state index contributed by atoms with van der Waals surface area (Å²) in [5.41, 5.74) is 3.07. The molecule has 0 atom stereocenters. The molecule has 1 aromatic heterocycles. The average molecular weight is 393 g/mol. The van der Waals surface area contributed by atoms with Crippen molar-refractivity contribution in [3.8, 4) is 0 Å². The molecule has 1 aliphatic heterocycles. The molecule has 2 heterocycles. The van der Waals surface area contributed by atoms with Gasteiger partial charge in [0.05, 0.1) is 5.52 Å². The van der Waals surface area contributed by atoms with E-state index >= 15 is 0 Å². The highest BCUT2D eigenvalue weighted by Gasteiger charge is 2.21. The van der Waals surface area contributed by atoms with Crippen LogP contribution in [-0.4, -0.2) is 42.1 Å². The Balaban J connectivity index is 1.37. The van der Waals surface area contributed by atoms with Crippen LogP contribution in [0.15, 0.2) is 67.0 Å². The van der Waals surface area contributed by atoms with Gasteiger partial charge in [-0.15, -0.1) is 0 Å². The number of fused-ring (bicyclic) bond motifs is 1. The maximum absolute atomic E-state index is 12.4. The number of hydrogen-bond acceptors (Lipinski definition) is 3. The lowest BCUT2D eigenvalue weighted by atomic mass is 10.1. The summed E-state index contributed by atoms with van der Waals surface area (Å²) in [6.07, 6.45) is 5.40. The normalized spacial score (nSPS) is 14.6. The molecule has 0 spiro atoms. The summed E-state index contributed by atoms with van der Waals surface area (Å²) in [4.78, 5) is 20.9. The quantitative estimate of drug-likeness (QED) is 0.719. The first-order valence-corrected chi connectivity index (χ1v) is 9.65. The Bertz CT molecular complexity index is 998. The van der Waals surface area contributed by atoms with Crippen LogP contribution in [-0.2, 0) is 0 Å². The van der Waals surface area contributed by atoms with Crippen molar-refractivity contribution in [3.63, 3.8) is 0 Å². The molecular weight excluding hydrogens is 372 g/mol. The molecule has 1 aliphatic rings. The molecular formula is C22H21ClN4O. The van der Waals surface area contributed by atoms with Gasteiger partial charge in [0.25, 0.3) is 0 Å². The summed E-state index contributed by atoms with van der Waals surface area (Å²) in [6.45, 7) is 2.89. The van der Waals surface area contributed by atoms with Gasteiger partial charge in [-0.2, -0.15) is 0 Å². The topological polar surface area (TPSA) is 48.5 Å². The van der Waals surface area contributed by atoms with Gasteiger partial charge in [-0.25, -0.2) is 4.79 Å². The third-order valence-corrected chi connectivity index (χ3v) is 5.11. The van der Waals surface area contributed by atoms with E-state index in [-0.39, 0.29) is 6.03 Å². The van der Waals surface area contributed by atoms with Gasteiger partial charge < -0.3 is 15.1 Å². The summed E-state index contributed by atoms with van der Waals surface area (Å²) >= 11 is 6.08. The van der Waals surface area contributed by atoms with E-state index in [0.29, 0.717) is 18.1 Å². The van der Waals surface area contributed by atoms with Gasteiger partial charge in [0, 0.05) is 54.7 Å². The molecule has 0 unspecified atom stereocenters. The first-order chi connectivity index (χ1) is 13.7. The first-order valence-electron chi connectivity index (χ1n) is 9.27. The molecule has 5 nitrogen and oxygen atoms in total. The number of benzene rings is 2. The van der Waals surface area contributed by atoms with Crippen LogP contribution in [0.3, 0.4) is 0 Å². The number of amides is 2. The number of piperazine rings is 1. The Hall–Kier alpha value is -3.05. The lowest BCUT2D eigenvalue weighted by Gasteiger charge is -2.36. The largest absolute Gasteiger partial charge is 0.367 e. The Kier molecular flexibility index (Phi) is 5.44. The van der Waals surface area contributed by atoms with Gasteiger partial charge in [0.1, 0.15) is 0 Å². The number of hydrogen-bond donors (Lipinski definition) is 1. The molecule has 1 fully saturated rings. The summed E-state index contributed by atoms with van der Waals surface area (Å²) in [5.74, 6) is 0. The third kappa shape index (κ3) is 4.10. The van der Waals surface area contributed by atoms with Crippen molar-refractivity contribution >= 4 is 40.3 Å². The molecule has 1 saturated heterocycles. The lowest BCUT2D eigenvalue weighted by molar-refractivity contribution is 0.198. The van der Waals surface area contributed by atoms with Gasteiger partial charge >= 0.3 is 6.03 Å². The zero-order chi connectivity index (χ0) is 19.3. The molecule has 0 bridgehead atoms. The lowest BCUT2D eigenvalue weighted by Crippen LogP contribution is -2.51. The van der Waals surface area contributed by atoms with Gasteiger partial charge in [-0.3, -0.25) is 4.98 Å². The van der Waals surface area contributed by atoms with Gasteiger partial charge in [0.15, 0.2) is 0 Å². The number of rotatable bonds is 3. The van der Waals surface area contributed by atoms with E-state index in [9.17, 15) is 4.79 Å². The summed E-state index contributed by atoms with van der Waals surface area (Å²) < 4.78 is 0. The zero-order valence-corrected chi connectivity index (χ0v) is 16.1. The smallest absolute Gasteiger partial charge is 0.321 e. The Labute approximate surface area is 169 Å². The van der Waals surface area contributed by atoms with Crippen molar-refractivity contribution in [1.82, 2.24) is 15.2 Å². The number of anilines is 1. The zero-order valence-electron chi connectivity index (χ0n) is 15.4. The highest BCUT2D eigenvalue weighted by atomic mass is 35.5. The van der Waals surface area contributed by atoms with E-state index in [1.807, 2.05) is 65.6 Å². The number of halogens is 1. The predicted molar refractivity (Wildman–Crippen MR) is 115 cm³/mol. The van der Waals surface area contributed by atoms with E-state index < -0.39 is 0 Å². The van der Waals surface area contributed by atoms with E-state index in [1.165, 1.54) is 0 Å². The van der Waals surface area contributed by atoms with Gasteiger partial charge in [-0.1, -0.05) is 41.9 Å². The van der Waals surface area contributed by atoms with Crippen molar-refractivity contribution in [2.75, 3.05) is 31.1 Å². The summed E-state index contributed by atoms with van der Waals surface area (Å²) in [6, 6.07) is 17.6. The maximum atomic E-state index is 12.4. The van der Waals surface area contributed by atoms with Crippen LogP contribution in [0.25, 0.3) is 17.0 Å². The molecule has 1 N–H and O–H groups in total. The molecule has 2 aromatic carbocycles. The SMILES string of the molecule is O=C(NC=Cc1ccccc1)N1CCN(c2ccnc3cc(Cl)ccc23)CC1. The van der Waals surface area contributed by atoms with E-state index in [1.54, 1.807) is 12.4 Å². The summed E-state index contributed by atoms with van der Waals surface area (Å²) in [7, 11) is 0. The standard InChI is InChI=1S/C22H21ClN4O/c23-18-6-7-19-20(16-18)24-11-9-21(19)26-12-14-27(15-13-26)22(28)25-10-8-17-4-2-1-3-5-17/h1-11,16H,12-15H2,(H,25,28). The van der Waals surface area contributed by atoms with Crippen LogP contribution in [0.4, 0.5) is 10.5 Å². The van der Waals surface area contributed by atoms with Crippen molar-refractivity contribution in [3.05, 3.63) is 77.6 Å². The fourth-order valence-electron chi connectivity index (χ4n) is 3.40. The Morgan fingerprint density at radius 3 is 2.61 bits per heavy atom. The average Bonchev–Trinajstić information content (AvgIpc) is 2.74. The van der Waals surface area contributed by atoms with Crippen LogP contribution in [0, 0.1) is 0 Å². The van der Waals surface area contributed by atoms with Crippen molar-refractivity contribution in [2.45, 2.75) is 0 Å². The van der Waals surface area contributed by atoms with Crippen LogP contribution in [0.2, 0.25) is 5.02 Å². The molecule has 0 saturated carbocycles. The van der Waals surface area contributed by atoms with E-state index in [0.717, 1.165) is 35.2 Å². The fraction of sp³-hybridized carbons (Fsp3) is 0.182. The molecule has 4 rings (SSSR count). The highest BCUT2D eigenvalue weighted by molar-refractivity contribution is 6.31. The van der Waals surface area contributed by atoms with Crippen LogP contribution >= 0.6 is 11.6 Å². The van der Waals surface area contributed by atoms with Crippen molar-refractivity contribution < 1.29 is 4.79 Å². The summed E-state index contributed by atoms with van der Waals surface area (Å²) in [5, 5.41) is 4.62. The number of carbonyl (C=O) groups excluding carboxylic acids is 1. The number of aromatic nitrogens is 1. The highest BCUT2D eigenvalue weighted by Crippen LogP contribution is 2.28. The second-order valence-corrected chi connectivity index (χ2v) is 7.10. The number of carbonyl (C=O) groups is 1. The maximum Gasteiger partial charge on any atom is 0.321 e. The molecule has 0 aliphatic carbocycles. The van der Waals surface area contributed by atoms with Gasteiger partial charge in [0.2, 0.25) is 0 Å². The predicted octanol–water partition coefficient (Wildman–Crippen LogP) is 4.39. The Morgan fingerprint density at radius 2 is 1.82 bits per heavy atom. The van der Waals surface area contributed by atoms with Crippen LogP contribution in [0.5, 0.6) is 0 Å². The van der Waals surface area contributed by atoms with Crippen molar-refractivity contribution in [1.29, 1.82) is 0 Å². The number of nitrogens with one attached hydrogen (secondary N) is 1. The minimum absolute atomic E-state index is 0.0711. The van der Waals surface area contributed by atoms with E-state index in [4.69, 9.17) is 11.6 Å². The second-order valence-electron chi connectivity index (χ2n) is 6.66. The minimum Gasteiger partial charge on any atom is -0.367 e. The van der Waals surface area contributed by atoms with Crippen molar-refractivity contribution in [2.24, 2.45) is 0 Å². The second kappa shape index (κ2) is 8.31. The molecule has 6 heteroatoms. The third-order valence-electron chi connectivity index (χ3n) is 4.87. The molecule has 142 valence electrons. The number of pyridine rings is 1. The monoisotopic (exact) mass is 392 g/mol. The van der Waals surface area contributed by atoms with Crippen LogP contribution < -0.4 is 10.2 Å².